The molecule has 1 heterocycles. The smallest absolute Gasteiger partial charge is 0.233 e. The maximum absolute atomic E-state index is 9.60. The fourth-order valence-electron chi connectivity index (χ4n) is 2.19. The van der Waals surface area contributed by atoms with Crippen LogP contribution in [-0.4, -0.2) is 31.7 Å². The van der Waals surface area contributed by atoms with E-state index in [0.717, 1.165) is 18.7 Å². The van der Waals surface area contributed by atoms with Crippen molar-refractivity contribution >= 4 is 29.2 Å². The molecule has 1 aromatic heterocycles. The highest BCUT2D eigenvalue weighted by Crippen LogP contribution is 2.22. The molecule has 0 bridgehead atoms. The molecule has 8 nitrogen and oxygen atoms in total. The average molecular weight is 352 g/mol. The predicted octanol–water partition coefficient (Wildman–Crippen LogP) is 3.59. The summed E-state index contributed by atoms with van der Waals surface area (Å²) in [7, 11) is 0. The number of nitrogens with zero attached hydrogens (tertiary/aromatic N) is 3. The normalized spacial score (nSPS) is 10.3. The van der Waals surface area contributed by atoms with Gasteiger partial charge in [-0.25, -0.2) is 0 Å². The number of hydrogen-bond donors (Lipinski definition) is 5. The number of phenolic OH excluding ortho intramolecular Hbond substituents is 2. The van der Waals surface area contributed by atoms with Crippen molar-refractivity contribution in [1.82, 2.24) is 15.0 Å². The SMILES string of the molecule is CCCNc1nc(Nc2ccc(O)cc2)nc(Nc2cccc(O)c2)n1. The molecule has 3 aromatic rings. The second-order valence-corrected chi connectivity index (χ2v) is 5.58. The monoisotopic (exact) mass is 352 g/mol. The molecule has 5 N–H and O–H groups in total. The number of phenols is 2. The standard InChI is InChI=1S/C18H20N6O2/c1-2-10-19-16-22-17(20-12-6-8-14(25)9-7-12)24-18(23-16)21-13-4-3-5-15(26)11-13/h3-9,11,25-26H,2,10H2,1H3,(H3,19,20,21,22,23,24). The van der Waals surface area contributed by atoms with Gasteiger partial charge < -0.3 is 26.2 Å². The number of rotatable bonds is 7. The van der Waals surface area contributed by atoms with Crippen molar-refractivity contribution < 1.29 is 10.2 Å². The minimum atomic E-state index is 0.149. The summed E-state index contributed by atoms with van der Waals surface area (Å²) >= 11 is 0. The zero-order valence-corrected chi connectivity index (χ0v) is 14.3. The Morgan fingerprint density at radius 1 is 0.769 bits per heavy atom. The van der Waals surface area contributed by atoms with Gasteiger partial charge in [0.05, 0.1) is 0 Å². The molecule has 0 fully saturated rings. The predicted molar refractivity (Wildman–Crippen MR) is 101 cm³/mol. The Labute approximate surface area is 151 Å². The topological polar surface area (TPSA) is 115 Å². The molecule has 8 heteroatoms. The Bertz CT molecular complexity index is 870. The summed E-state index contributed by atoms with van der Waals surface area (Å²) in [5, 5.41) is 28.3. The van der Waals surface area contributed by atoms with Gasteiger partial charge in [-0.2, -0.15) is 15.0 Å². The minimum absolute atomic E-state index is 0.149. The van der Waals surface area contributed by atoms with Gasteiger partial charge in [-0.15, -0.1) is 0 Å². The first-order valence-electron chi connectivity index (χ1n) is 8.24. The first kappa shape index (κ1) is 17.3. The van der Waals surface area contributed by atoms with E-state index in [-0.39, 0.29) is 11.5 Å². The van der Waals surface area contributed by atoms with E-state index in [1.807, 2.05) is 0 Å². The van der Waals surface area contributed by atoms with Gasteiger partial charge in [-0.05, 0) is 42.8 Å². The van der Waals surface area contributed by atoms with Crippen LogP contribution in [0.2, 0.25) is 0 Å². The molecule has 134 valence electrons. The molecule has 0 aliphatic heterocycles. The molecular formula is C18H20N6O2. The molecule has 0 atom stereocenters. The minimum Gasteiger partial charge on any atom is -0.508 e. The van der Waals surface area contributed by atoms with Gasteiger partial charge in [0, 0.05) is 24.0 Å². The van der Waals surface area contributed by atoms with Crippen molar-refractivity contribution in [3.05, 3.63) is 48.5 Å². The third kappa shape index (κ3) is 4.73. The quantitative estimate of drug-likeness (QED) is 0.410. The Morgan fingerprint density at radius 2 is 1.42 bits per heavy atom. The molecule has 0 saturated carbocycles. The van der Waals surface area contributed by atoms with E-state index in [1.54, 1.807) is 48.5 Å². The van der Waals surface area contributed by atoms with Gasteiger partial charge in [0.15, 0.2) is 0 Å². The first-order chi connectivity index (χ1) is 12.6. The second kappa shape index (κ2) is 8.02. The number of anilines is 5. The van der Waals surface area contributed by atoms with Crippen LogP contribution < -0.4 is 16.0 Å². The third-order valence-electron chi connectivity index (χ3n) is 3.39. The lowest BCUT2D eigenvalue weighted by Gasteiger charge is -2.11. The van der Waals surface area contributed by atoms with Crippen LogP contribution in [-0.2, 0) is 0 Å². The molecule has 3 rings (SSSR count). The number of benzene rings is 2. The van der Waals surface area contributed by atoms with Crippen molar-refractivity contribution in [2.45, 2.75) is 13.3 Å². The summed E-state index contributed by atoms with van der Waals surface area (Å²) in [6, 6.07) is 13.3. The van der Waals surface area contributed by atoms with Crippen LogP contribution in [0.25, 0.3) is 0 Å². The Morgan fingerprint density at radius 3 is 2.08 bits per heavy atom. The first-order valence-corrected chi connectivity index (χ1v) is 8.24. The molecule has 0 spiro atoms. The van der Waals surface area contributed by atoms with E-state index in [1.165, 1.54) is 0 Å². The molecule has 0 aliphatic rings. The lowest BCUT2D eigenvalue weighted by Crippen LogP contribution is -2.10. The van der Waals surface area contributed by atoms with Crippen LogP contribution in [0.4, 0.5) is 29.2 Å². The molecule has 0 radical (unpaired) electrons. The van der Waals surface area contributed by atoms with Crippen LogP contribution in [0.15, 0.2) is 48.5 Å². The zero-order chi connectivity index (χ0) is 18.4. The molecule has 0 unspecified atom stereocenters. The molecular weight excluding hydrogens is 332 g/mol. The molecule has 26 heavy (non-hydrogen) atoms. The van der Waals surface area contributed by atoms with Crippen molar-refractivity contribution in [3.8, 4) is 11.5 Å². The highest BCUT2D eigenvalue weighted by Gasteiger charge is 2.08. The van der Waals surface area contributed by atoms with Gasteiger partial charge in [-0.3, -0.25) is 0 Å². The van der Waals surface area contributed by atoms with E-state index in [0.29, 0.717) is 23.5 Å². The molecule has 0 aliphatic carbocycles. The zero-order valence-electron chi connectivity index (χ0n) is 14.3. The summed E-state index contributed by atoms with van der Waals surface area (Å²) in [4.78, 5) is 13.1. The van der Waals surface area contributed by atoms with Crippen molar-refractivity contribution in [1.29, 1.82) is 0 Å². The number of hydrogen-bond acceptors (Lipinski definition) is 8. The van der Waals surface area contributed by atoms with Crippen LogP contribution in [0, 0.1) is 0 Å². The molecule has 0 amide bonds. The van der Waals surface area contributed by atoms with E-state index < -0.39 is 0 Å². The summed E-state index contributed by atoms with van der Waals surface area (Å²) in [6.45, 7) is 2.78. The lowest BCUT2D eigenvalue weighted by atomic mass is 10.3. The Kier molecular flexibility index (Phi) is 5.33. The molecule has 2 aromatic carbocycles. The van der Waals surface area contributed by atoms with Gasteiger partial charge in [-0.1, -0.05) is 13.0 Å². The summed E-state index contributed by atoms with van der Waals surface area (Å²) in [5.41, 5.74) is 1.40. The molecule has 0 saturated heterocycles. The summed E-state index contributed by atoms with van der Waals surface area (Å²) in [5.74, 6) is 1.46. The van der Waals surface area contributed by atoms with Crippen LogP contribution in [0.3, 0.4) is 0 Å². The van der Waals surface area contributed by atoms with E-state index in [2.05, 4.69) is 37.8 Å². The van der Waals surface area contributed by atoms with E-state index in [4.69, 9.17) is 0 Å². The van der Waals surface area contributed by atoms with E-state index >= 15 is 0 Å². The van der Waals surface area contributed by atoms with Crippen LogP contribution in [0.5, 0.6) is 11.5 Å². The highest BCUT2D eigenvalue weighted by molar-refractivity contribution is 5.60. The maximum Gasteiger partial charge on any atom is 0.233 e. The second-order valence-electron chi connectivity index (χ2n) is 5.58. The summed E-state index contributed by atoms with van der Waals surface area (Å²) in [6.07, 6.45) is 0.932. The van der Waals surface area contributed by atoms with Gasteiger partial charge >= 0.3 is 0 Å². The highest BCUT2D eigenvalue weighted by atomic mass is 16.3. The fourth-order valence-corrected chi connectivity index (χ4v) is 2.19. The van der Waals surface area contributed by atoms with Gasteiger partial charge in [0.2, 0.25) is 17.8 Å². The third-order valence-corrected chi connectivity index (χ3v) is 3.39. The van der Waals surface area contributed by atoms with E-state index in [9.17, 15) is 10.2 Å². The number of nitrogens with one attached hydrogen (secondary N) is 3. The van der Waals surface area contributed by atoms with Crippen molar-refractivity contribution in [3.63, 3.8) is 0 Å². The fraction of sp³-hybridized carbons (Fsp3) is 0.167. The van der Waals surface area contributed by atoms with Crippen molar-refractivity contribution in [2.75, 3.05) is 22.5 Å². The lowest BCUT2D eigenvalue weighted by molar-refractivity contribution is 0.475. The summed E-state index contributed by atoms with van der Waals surface area (Å²) < 4.78 is 0. The van der Waals surface area contributed by atoms with Crippen molar-refractivity contribution in [2.24, 2.45) is 0 Å². The largest absolute Gasteiger partial charge is 0.508 e. The average Bonchev–Trinajstić information content (AvgIpc) is 2.62. The number of aromatic hydroxyl groups is 2. The maximum atomic E-state index is 9.60. The van der Waals surface area contributed by atoms with Crippen LogP contribution >= 0.6 is 0 Å². The number of aromatic nitrogens is 3. The Balaban J connectivity index is 1.86. The van der Waals surface area contributed by atoms with Gasteiger partial charge in [0.25, 0.3) is 0 Å². The van der Waals surface area contributed by atoms with Gasteiger partial charge in [0.1, 0.15) is 11.5 Å². The van der Waals surface area contributed by atoms with Crippen LogP contribution in [0.1, 0.15) is 13.3 Å². The Hall–Kier alpha value is -3.55.